The summed E-state index contributed by atoms with van der Waals surface area (Å²) in [5.74, 6) is -0.334. The molecule has 1 unspecified atom stereocenters. The van der Waals surface area contributed by atoms with Crippen LogP contribution in [0.1, 0.15) is 25.5 Å². The lowest BCUT2D eigenvalue weighted by Gasteiger charge is -2.35. The van der Waals surface area contributed by atoms with E-state index >= 15 is 0 Å². The fourth-order valence-corrected chi connectivity index (χ4v) is 2.70. The van der Waals surface area contributed by atoms with E-state index in [4.69, 9.17) is 4.74 Å². The number of benzene rings is 1. The van der Waals surface area contributed by atoms with Gasteiger partial charge in [-0.1, -0.05) is 18.2 Å². The molecule has 1 aliphatic heterocycles. The number of rotatable bonds is 7. The first-order valence-electron chi connectivity index (χ1n) is 8.05. The summed E-state index contributed by atoms with van der Waals surface area (Å²) < 4.78 is 19.2. The smallest absolute Gasteiger partial charge is 0.129 e. The first kappa shape index (κ1) is 17.3. The summed E-state index contributed by atoms with van der Waals surface area (Å²) in [6, 6.07) is 6.45. The van der Waals surface area contributed by atoms with Gasteiger partial charge in [0, 0.05) is 44.8 Å². The third kappa shape index (κ3) is 5.32. The fraction of sp³-hybridized carbons (Fsp3) is 0.647. The Morgan fingerprint density at radius 2 is 1.77 bits per heavy atom. The maximum atomic E-state index is 13.7. The number of halogens is 1. The van der Waals surface area contributed by atoms with Crippen LogP contribution in [0.15, 0.2) is 24.3 Å². The van der Waals surface area contributed by atoms with Gasteiger partial charge in [0.15, 0.2) is 0 Å². The van der Waals surface area contributed by atoms with E-state index in [9.17, 15) is 9.50 Å². The minimum absolute atomic E-state index is 0.275. The maximum absolute atomic E-state index is 13.7. The zero-order valence-corrected chi connectivity index (χ0v) is 13.5. The van der Waals surface area contributed by atoms with Gasteiger partial charge in [-0.3, -0.25) is 9.80 Å². The second-order valence-electron chi connectivity index (χ2n) is 6.10. The van der Waals surface area contributed by atoms with Crippen LogP contribution in [0.3, 0.4) is 0 Å². The molecule has 1 aromatic rings. The maximum Gasteiger partial charge on any atom is 0.129 e. The lowest BCUT2D eigenvalue weighted by Crippen LogP contribution is -2.48. The average molecular weight is 310 g/mol. The van der Waals surface area contributed by atoms with Crippen LogP contribution in [0.4, 0.5) is 4.39 Å². The van der Waals surface area contributed by atoms with Gasteiger partial charge in [0.05, 0.1) is 18.8 Å². The van der Waals surface area contributed by atoms with Crippen LogP contribution >= 0.6 is 0 Å². The molecule has 124 valence electrons. The minimum atomic E-state index is -0.767. The predicted molar refractivity (Wildman–Crippen MR) is 85.3 cm³/mol. The lowest BCUT2D eigenvalue weighted by atomic mass is 10.1. The van der Waals surface area contributed by atoms with Crippen molar-refractivity contribution in [3.05, 3.63) is 35.6 Å². The average Bonchev–Trinajstić information content (AvgIpc) is 2.49. The van der Waals surface area contributed by atoms with Gasteiger partial charge in [-0.2, -0.15) is 0 Å². The second-order valence-corrected chi connectivity index (χ2v) is 6.10. The number of piperazine rings is 1. The van der Waals surface area contributed by atoms with Crippen molar-refractivity contribution in [3.63, 3.8) is 0 Å². The molecular formula is C17H27FN2O2. The number of nitrogens with zero attached hydrogens (tertiary/aromatic N) is 2. The largest absolute Gasteiger partial charge is 0.387 e. The van der Waals surface area contributed by atoms with E-state index in [1.807, 2.05) is 13.8 Å². The summed E-state index contributed by atoms with van der Waals surface area (Å²) in [4.78, 5) is 4.56. The number of β-amino-alcohol motifs (C(OH)–C–C–N with tert-alkyl or cyclic N) is 1. The summed E-state index contributed by atoms with van der Waals surface area (Å²) in [7, 11) is 0. The molecule has 0 bridgehead atoms. The van der Waals surface area contributed by atoms with E-state index in [2.05, 4.69) is 9.80 Å². The van der Waals surface area contributed by atoms with Crippen LogP contribution in [0, 0.1) is 5.82 Å². The molecule has 0 aliphatic carbocycles. The molecule has 1 saturated heterocycles. The molecule has 2 rings (SSSR count). The lowest BCUT2D eigenvalue weighted by molar-refractivity contribution is 0.0343. The molecule has 1 N–H and O–H groups in total. The van der Waals surface area contributed by atoms with Gasteiger partial charge in [0.1, 0.15) is 5.82 Å². The minimum Gasteiger partial charge on any atom is -0.387 e. The predicted octanol–water partition coefficient (Wildman–Crippen LogP) is 1.90. The molecule has 5 heteroatoms. The summed E-state index contributed by atoms with van der Waals surface area (Å²) in [5, 5.41) is 10.2. The summed E-state index contributed by atoms with van der Waals surface area (Å²) in [6.07, 6.45) is -0.491. The van der Waals surface area contributed by atoms with Crippen LogP contribution in [0.2, 0.25) is 0 Å². The Bertz CT molecular complexity index is 448. The quantitative estimate of drug-likeness (QED) is 0.834. The van der Waals surface area contributed by atoms with Gasteiger partial charge in [-0.15, -0.1) is 0 Å². The number of hydrogen-bond donors (Lipinski definition) is 1. The topological polar surface area (TPSA) is 35.9 Å². The van der Waals surface area contributed by atoms with Crippen LogP contribution < -0.4 is 0 Å². The highest BCUT2D eigenvalue weighted by atomic mass is 19.1. The molecule has 4 nitrogen and oxygen atoms in total. The van der Waals surface area contributed by atoms with Gasteiger partial charge in [-0.05, 0) is 19.9 Å². The van der Waals surface area contributed by atoms with E-state index in [0.29, 0.717) is 12.1 Å². The van der Waals surface area contributed by atoms with E-state index in [1.54, 1.807) is 18.2 Å². The first-order valence-corrected chi connectivity index (χ1v) is 8.05. The summed E-state index contributed by atoms with van der Waals surface area (Å²) in [6.45, 7) is 10.00. The Labute approximate surface area is 132 Å². The monoisotopic (exact) mass is 310 g/mol. The van der Waals surface area contributed by atoms with E-state index in [1.165, 1.54) is 6.07 Å². The molecular weight excluding hydrogens is 283 g/mol. The molecule has 0 spiro atoms. The summed E-state index contributed by atoms with van der Waals surface area (Å²) in [5.41, 5.74) is 0.385. The van der Waals surface area contributed by atoms with Crippen molar-refractivity contribution in [2.24, 2.45) is 0 Å². The normalized spacial score (nSPS) is 18.8. The Kier molecular flexibility index (Phi) is 6.76. The van der Waals surface area contributed by atoms with Crippen LogP contribution in [-0.2, 0) is 4.74 Å². The van der Waals surface area contributed by atoms with E-state index < -0.39 is 6.10 Å². The van der Waals surface area contributed by atoms with Gasteiger partial charge in [0.2, 0.25) is 0 Å². The van der Waals surface area contributed by atoms with Crippen molar-refractivity contribution in [1.29, 1.82) is 0 Å². The van der Waals surface area contributed by atoms with Crippen LogP contribution in [-0.4, -0.2) is 66.9 Å². The standard InChI is InChI=1S/C17H27FN2O2/c1-14(2)22-12-11-19-7-9-20(10-8-19)13-17(21)15-5-3-4-6-16(15)18/h3-6,14,17,21H,7-13H2,1-2H3. The molecule has 1 aromatic carbocycles. The SMILES string of the molecule is CC(C)OCCN1CCN(CC(O)c2ccccc2F)CC1. The molecule has 0 radical (unpaired) electrons. The molecule has 22 heavy (non-hydrogen) atoms. The Morgan fingerprint density at radius 3 is 2.41 bits per heavy atom. The van der Waals surface area contributed by atoms with Gasteiger partial charge in [0.25, 0.3) is 0 Å². The van der Waals surface area contributed by atoms with Crippen molar-refractivity contribution in [2.45, 2.75) is 26.1 Å². The van der Waals surface area contributed by atoms with Crippen molar-refractivity contribution >= 4 is 0 Å². The molecule has 1 atom stereocenters. The second kappa shape index (κ2) is 8.58. The van der Waals surface area contributed by atoms with Gasteiger partial charge < -0.3 is 9.84 Å². The van der Waals surface area contributed by atoms with E-state index in [-0.39, 0.29) is 11.9 Å². The van der Waals surface area contributed by atoms with Gasteiger partial charge >= 0.3 is 0 Å². The Morgan fingerprint density at radius 1 is 1.14 bits per heavy atom. The van der Waals surface area contributed by atoms with Crippen LogP contribution in [0.25, 0.3) is 0 Å². The van der Waals surface area contributed by atoms with Crippen molar-refractivity contribution in [3.8, 4) is 0 Å². The Balaban J connectivity index is 1.72. The number of aliphatic hydroxyl groups is 1. The fourth-order valence-electron chi connectivity index (χ4n) is 2.70. The number of aliphatic hydroxyl groups excluding tert-OH is 1. The highest BCUT2D eigenvalue weighted by Gasteiger charge is 2.21. The molecule has 1 fully saturated rings. The number of hydrogen-bond acceptors (Lipinski definition) is 4. The zero-order valence-electron chi connectivity index (χ0n) is 13.5. The Hall–Kier alpha value is -1.01. The van der Waals surface area contributed by atoms with Gasteiger partial charge in [-0.25, -0.2) is 4.39 Å². The van der Waals surface area contributed by atoms with E-state index in [0.717, 1.165) is 39.3 Å². The van der Waals surface area contributed by atoms with Crippen LogP contribution in [0.5, 0.6) is 0 Å². The molecule has 1 heterocycles. The third-order valence-electron chi connectivity index (χ3n) is 4.02. The highest BCUT2D eigenvalue weighted by Crippen LogP contribution is 2.18. The highest BCUT2D eigenvalue weighted by molar-refractivity contribution is 5.20. The molecule has 0 aromatic heterocycles. The van der Waals surface area contributed by atoms with Crippen molar-refractivity contribution in [1.82, 2.24) is 9.80 Å². The number of ether oxygens (including phenoxy) is 1. The third-order valence-corrected chi connectivity index (χ3v) is 4.02. The molecule has 1 aliphatic rings. The first-order chi connectivity index (χ1) is 10.6. The van der Waals surface area contributed by atoms with Crippen molar-refractivity contribution < 1.29 is 14.2 Å². The summed E-state index contributed by atoms with van der Waals surface area (Å²) >= 11 is 0. The molecule has 0 saturated carbocycles. The molecule has 0 amide bonds. The van der Waals surface area contributed by atoms with Crippen molar-refractivity contribution in [2.75, 3.05) is 45.9 Å². The zero-order chi connectivity index (χ0) is 15.9.